The van der Waals surface area contributed by atoms with E-state index in [1.165, 1.54) is 6.07 Å². The molecule has 2 nitrogen and oxygen atoms in total. The summed E-state index contributed by atoms with van der Waals surface area (Å²) in [7, 11) is 0. The molecule has 2 aromatic rings. The molecule has 1 unspecified atom stereocenters. The first kappa shape index (κ1) is 16.4. The number of hydrogen-bond donors (Lipinski definition) is 2. The Morgan fingerprint density at radius 2 is 1.86 bits per heavy atom. The van der Waals surface area contributed by atoms with Crippen LogP contribution in [0.1, 0.15) is 28.3 Å². The van der Waals surface area contributed by atoms with Crippen LogP contribution in [0.5, 0.6) is 0 Å². The molecule has 21 heavy (non-hydrogen) atoms. The van der Waals surface area contributed by atoms with Crippen LogP contribution in [-0.4, -0.2) is 0 Å². The van der Waals surface area contributed by atoms with Gasteiger partial charge in [0, 0.05) is 9.50 Å². The predicted molar refractivity (Wildman–Crippen MR) is 88.8 cm³/mol. The maximum Gasteiger partial charge on any atom is 0.126 e. The van der Waals surface area contributed by atoms with Crippen molar-refractivity contribution in [2.45, 2.75) is 26.3 Å². The summed E-state index contributed by atoms with van der Waals surface area (Å²) in [6.45, 7) is 4.04. The molecule has 0 saturated carbocycles. The molecule has 3 N–H and O–H groups in total. The molecule has 2 aromatic carbocycles. The Balaban J connectivity index is 2.34. The third kappa shape index (κ3) is 3.83. The SMILES string of the molecule is Cc1cc(C(Cc2cc(Cl)ccc2F)NN)cc(C)c1Br. The zero-order valence-electron chi connectivity index (χ0n) is 11.9. The van der Waals surface area contributed by atoms with Crippen molar-refractivity contribution in [2.24, 2.45) is 5.84 Å². The second-order valence-corrected chi connectivity index (χ2v) is 6.36. The van der Waals surface area contributed by atoms with Gasteiger partial charge in [-0.3, -0.25) is 11.3 Å². The quantitative estimate of drug-likeness (QED) is 0.608. The van der Waals surface area contributed by atoms with E-state index in [2.05, 4.69) is 21.4 Å². The Morgan fingerprint density at radius 3 is 2.43 bits per heavy atom. The van der Waals surface area contributed by atoms with Gasteiger partial charge < -0.3 is 0 Å². The predicted octanol–water partition coefficient (Wildman–Crippen LogP) is 4.61. The number of aryl methyl sites for hydroxylation is 2. The zero-order valence-corrected chi connectivity index (χ0v) is 14.2. The van der Waals surface area contributed by atoms with E-state index in [-0.39, 0.29) is 11.9 Å². The Labute approximate surface area is 137 Å². The van der Waals surface area contributed by atoms with Crippen LogP contribution >= 0.6 is 27.5 Å². The largest absolute Gasteiger partial charge is 0.271 e. The topological polar surface area (TPSA) is 38.0 Å². The molecule has 0 radical (unpaired) electrons. The first-order chi connectivity index (χ1) is 9.92. The van der Waals surface area contributed by atoms with Gasteiger partial charge in [-0.15, -0.1) is 0 Å². The zero-order chi connectivity index (χ0) is 15.6. The van der Waals surface area contributed by atoms with Crippen molar-refractivity contribution in [3.05, 3.63) is 67.9 Å². The Morgan fingerprint density at radius 1 is 1.24 bits per heavy atom. The highest BCUT2D eigenvalue weighted by atomic mass is 79.9. The molecule has 0 aliphatic heterocycles. The van der Waals surface area contributed by atoms with E-state index in [0.717, 1.165) is 21.2 Å². The first-order valence-electron chi connectivity index (χ1n) is 6.59. The summed E-state index contributed by atoms with van der Waals surface area (Å²) >= 11 is 9.48. The second kappa shape index (κ2) is 6.88. The molecule has 0 aliphatic rings. The smallest absolute Gasteiger partial charge is 0.126 e. The van der Waals surface area contributed by atoms with Crippen LogP contribution in [0.3, 0.4) is 0 Å². The highest BCUT2D eigenvalue weighted by Crippen LogP contribution is 2.28. The van der Waals surface area contributed by atoms with Gasteiger partial charge in [-0.05, 0) is 60.7 Å². The van der Waals surface area contributed by atoms with E-state index < -0.39 is 0 Å². The van der Waals surface area contributed by atoms with Gasteiger partial charge in [0.05, 0.1) is 6.04 Å². The van der Waals surface area contributed by atoms with Crippen molar-refractivity contribution in [1.29, 1.82) is 0 Å². The number of hydrazine groups is 1. The maximum atomic E-state index is 13.9. The standard InChI is InChI=1S/C16H17BrClFN2/c1-9-5-12(6-10(2)16(9)17)15(21-20)8-11-7-13(18)3-4-14(11)19/h3-7,15,21H,8,20H2,1-2H3. The van der Waals surface area contributed by atoms with Gasteiger partial charge in [-0.1, -0.05) is 39.7 Å². The van der Waals surface area contributed by atoms with Crippen LogP contribution < -0.4 is 11.3 Å². The van der Waals surface area contributed by atoms with Gasteiger partial charge in [0.25, 0.3) is 0 Å². The number of halogens is 3. The average Bonchev–Trinajstić information content (AvgIpc) is 2.45. The van der Waals surface area contributed by atoms with Crippen molar-refractivity contribution in [2.75, 3.05) is 0 Å². The molecule has 0 fully saturated rings. The molecule has 0 bridgehead atoms. The molecule has 2 rings (SSSR count). The molecule has 0 spiro atoms. The fourth-order valence-corrected chi connectivity index (χ4v) is 2.80. The molecular weight excluding hydrogens is 355 g/mol. The first-order valence-corrected chi connectivity index (χ1v) is 7.76. The lowest BCUT2D eigenvalue weighted by Crippen LogP contribution is -2.30. The Bertz CT molecular complexity index is 638. The molecular formula is C16H17BrClFN2. The van der Waals surface area contributed by atoms with Crippen molar-refractivity contribution >= 4 is 27.5 Å². The van der Waals surface area contributed by atoms with E-state index in [0.29, 0.717) is 17.0 Å². The van der Waals surface area contributed by atoms with Gasteiger partial charge in [-0.25, -0.2) is 4.39 Å². The van der Waals surface area contributed by atoms with Crippen LogP contribution in [0.15, 0.2) is 34.8 Å². The lowest BCUT2D eigenvalue weighted by molar-refractivity contribution is 0.528. The van der Waals surface area contributed by atoms with E-state index in [1.54, 1.807) is 12.1 Å². The highest BCUT2D eigenvalue weighted by molar-refractivity contribution is 9.10. The summed E-state index contributed by atoms with van der Waals surface area (Å²) in [5.74, 6) is 5.39. The maximum absolute atomic E-state index is 13.9. The van der Waals surface area contributed by atoms with E-state index >= 15 is 0 Å². The molecule has 0 aromatic heterocycles. The van der Waals surface area contributed by atoms with Gasteiger partial charge in [-0.2, -0.15) is 0 Å². The fourth-order valence-electron chi connectivity index (χ4n) is 2.37. The number of rotatable bonds is 4. The van der Waals surface area contributed by atoms with Crippen molar-refractivity contribution in [3.8, 4) is 0 Å². The summed E-state index contributed by atoms with van der Waals surface area (Å²) < 4.78 is 14.9. The van der Waals surface area contributed by atoms with Gasteiger partial charge in [0.2, 0.25) is 0 Å². The van der Waals surface area contributed by atoms with Crippen molar-refractivity contribution in [1.82, 2.24) is 5.43 Å². The van der Waals surface area contributed by atoms with E-state index in [1.807, 2.05) is 26.0 Å². The molecule has 0 heterocycles. The van der Waals surface area contributed by atoms with Crippen LogP contribution in [0.4, 0.5) is 4.39 Å². The molecule has 0 aliphatic carbocycles. The molecule has 1 atom stereocenters. The normalized spacial score (nSPS) is 12.5. The summed E-state index contributed by atoms with van der Waals surface area (Å²) in [4.78, 5) is 0. The number of benzene rings is 2. The second-order valence-electron chi connectivity index (χ2n) is 5.13. The minimum Gasteiger partial charge on any atom is -0.271 e. The third-order valence-corrected chi connectivity index (χ3v) is 4.98. The summed E-state index contributed by atoms with van der Waals surface area (Å²) in [6.07, 6.45) is 0.434. The van der Waals surface area contributed by atoms with Crippen LogP contribution in [0, 0.1) is 19.7 Å². The van der Waals surface area contributed by atoms with Gasteiger partial charge in [0.15, 0.2) is 0 Å². The van der Waals surface area contributed by atoms with Crippen LogP contribution in [0.25, 0.3) is 0 Å². The number of nitrogens with one attached hydrogen (secondary N) is 1. The monoisotopic (exact) mass is 370 g/mol. The number of nitrogens with two attached hydrogens (primary N) is 1. The van der Waals surface area contributed by atoms with Crippen molar-refractivity contribution < 1.29 is 4.39 Å². The van der Waals surface area contributed by atoms with Crippen molar-refractivity contribution in [3.63, 3.8) is 0 Å². The average molecular weight is 372 g/mol. The minimum absolute atomic E-state index is 0.177. The van der Waals surface area contributed by atoms with Crippen LogP contribution in [-0.2, 0) is 6.42 Å². The third-order valence-electron chi connectivity index (χ3n) is 3.49. The lowest BCUT2D eigenvalue weighted by Gasteiger charge is -2.19. The summed E-state index contributed by atoms with van der Waals surface area (Å²) in [5.41, 5.74) is 6.57. The molecule has 112 valence electrons. The Kier molecular flexibility index (Phi) is 5.38. The molecule has 5 heteroatoms. The lowest BCUT2D eigenvalue weighted by atomic mass is 9.96. The highest BCUT2D eigenvalue weighted by Gasteiger charge is 2.15. The minimum atomic E-state index is -0.273. The number of hydrogen-bond acceptors (Lipinski definition) is 2. The van der Waals surface area contributed by atoms with E-state index in [4.69, 9.17) is 17.4 Å². The van der Waals surface area contributed by atoms with Crippen LogP contribution in [0.2, 0.25) is 5.02 Å². The fraction of sp³-hybridized carbons (Fsp3) is 0.250. The summed E-state index contributed by atoms with van der Waals surface area (Å²) in [5, 5.41) is 0.519. The molecule has 0 amide bonds. The molecule has 0 saturated heterocycles. The van der Waals surface area contributed by atoms with Gasteiger partial charge >= 0.3 is 0 Å². The summed E-state index contributed by atoms with van der Waals surface area (Å²) in [6, 6.07) is 8.47. The van der Waals surface area contributed by atoms with Gasteiger partial charge in [0.1, 0.15) is 5.82 Å². The van der Waals surface area contributed by atoms with E-state index in [9.17, 15) is 4.39 Å². The Hall–Kier alpha value is -0.940.